The molecule has 1 atom stereocenters. The molecular weight excluding hydrogens is 260 g/mol. The van der Waals surface area contributed by atoms with Gasteiger partial charge in [-0.3, -0.25) is 4.79 Å². The number of carbonyl (C=O) groups is 1. The molecule has 0 unspecified atom stereocenters. The van der Waals surface area contributed by atoms with E-state index in [0.717, 1.165) is 45.3 Å². The molecule has 0 aromatic heterocycles. The fourth-order valence-corrected chi connectivity index (χ4v) is 2.55. The van der Waals surface area contributed by atoms with Gasteiger partial charge in [-0.15, -0.1) is 12.4 Å². The molecule has 1 aliphatic heterocycles. The highest BCUT2D eigenvalue weighted by Crippen LogP contribution is 2.11. The molecule has 1 saturated heterocycles. The molecule has 0 aliphatic carbocycles. The zero-order valence-corrected chi connectivity index (χ0v) is 13.4. The first-order valence-corrected chi connectivity index (χ1v) is 7.81. The number of halogens is 1. The first kappa shape index (κ1) is 18.7. The summed E-state index contributed by atoms with van der Waals surface area (Å²) in [5.74, 6) is 0.347. The molecule has 0 aromatic rings. The number of unbranched alkanes of at least 4 members (excludes halogenated alkanes) is 4. The van der Waals surface area contributed by atoms with E-state index in [0.29, 0.717) is 5.91 Å². The third kappa shape index (κ3) is 7.17. The minimum Gasteiger partial charge on any atom is -0.341 e. The number of carbonyl (C=O) groups excluding carboxylic acids is 1. The fraction of sp³-hybridized carbons (Fsp3) is 0.933. The summed E-state index contributed by atoms with van der Waals surface area (Å²) in [6, 6.07) is 0.105. The second-order valence-corrected chi connectivity index (χ2v) is 5.39. The van der Waals surface area contributed by atoms with Gasteiger partial charge in [0, 0.05) is 13.1 Å². The van der Waals surface area contributed by atoms with Crippen LogP contribution in [0.15, 0.2) is 0 Å². The molecule has 1 fully saturated rings. The summed E-state index contributed by atoms with van der Waals surface area (Å²) in [7, 11) is 0. The van der Waals surface area contributed by atoms with Gasteiger partial charge in [0.1, 0.15) is 0 Å². The van der Waals surface area contributed by atoms with E-state index in [4.69, 9.17) is 0 Å². The summed E-state index contributed by atoms with van der Waals surface area (Å²) in [6.07, 6.45) is 9.38. The van der Waals surface area contributed by atoms with Crippen LogP contribution in [-0.4, -0.2) is 36.5 Å². The highest BCUT2D eigenvalue weighted by Gasteiger charge is 2.26. The van der Waals surface area contributed by atoms with Crippen LogP contribution in [0.5, 0.6) is 0 Å². The van der Waals surface area contributed by atoms with Gasteiger partial charge in [-0.25, -0.2) is 0 Å². The maximum absolute atomic E-state index is 12.4. The molecule has 0 radical (unpaired) electrons. The van der Waals surface area contributed by atoms with E-state index in [1.807, 2.05) is 0 Å². The Hall–Kier alpha value is -0.280. The monoisotopic (exact) mass is 290 g/mol. The minimum atomic E-state index is 0. The van der Waals surface area contributed by atoms with Crippen LogP contribution in [0.2, 0.25) is 0 Å². The van der Waals surface area contributed by atoms with Crippen molar-refractivity contribution < 1.29 is 4.79 Å². The molecule has 0 spiro atoms. The van der Waals surface area contributed by atoms with Crippen molar-refractivity contribution in [1.29, 1.82) is 0 Å². The largest absolute Gasteiger partial charge is 0.341 e. The Bertz CT molecular complexity index is 220. The van der Waals surface area contributed by atoms with Crippen molar-refractivity contribution in [3.8, 4) is 0 Å². The van der Waals surface area contributed by atoms with Gasteiger partial charge in [0.05, 0.1) is 6.04 Å². The van der Waals surface area contributed by atoms with Gasteiger partial charge in [-0.1, -0.05) is 39.5 Å². The van der Waals surface area contributed by atoms with Crippen molar-refractivity contribution >= 4 is 18.3 Å². The van der Waals surface area contributed by atoms with Gasteiger partial charge in [0.15, 0.2) is 0 Å². The van der Waals surface area contributed by atoms with E-state index in [1.54, 1.807) is 0 Å². The summed E-state index contributed by atoms with van der Waals surface area (Å²) < 4.78 is 0. The van der Waals surface area contributed by atoms with E-state index in [9.17, 15) is 4.79 Å². The SMILES string of the molecule is CCCCCN(CCCCC)C(=O)[C@H]1CCCN1.Cl. The average molecular weight is 291 g/mol. The van der Waals surface area contributed by atoms with Crippen molar-refractivity contribution in [2.75, 3.05) is 19.6 Å². The van der Waals surface area contributed by atoms with E-state index in [-0.39, 0.29) is 18.4 Å². The standard InChI is InChI=1S/C15H30N2O.ClH/c1-3-5-7-12-17(13-8-6-4-2)15(18)14-10-9-11-16-14;/h14,16H,3-13H2,1-2H3;1H/t14-;/m1./s1. The van der Waals surface area contributed by atoms with Crippen molar-refractivity contribution in [2.24, 2.45) is 0 Å². The normalized spacial score (nSPS) is 18.1. The third-order valence-electron chi connectivity index (χ3n) is 3.73. The molecule has 3 nitrogen and oxygen atoms in total. The van der Waals surface area contributed by atoms with Crippen molar-refractivity contribution in [3.63, 3.8) is 0 Å². The predicted octanol–water partition coefficient (Wildman–Crippen LogP) is 3.37. The van der Waals surface area contributed by atoms with Crippen LogP contribution >= 0.6 is 12.4 Å². The zero-order chi connectivity index (χ0) is 13.2. The molecule has 1 heterocycles. The number of nitrogens with zero attached hydrogens (tertiary/aromatic N) is 1. The number of hydrogen-bond donors (Lipinski definition) is 1. The maximum Gasteiger partial charge on any atom is 0.239 e. The van der Waals surface area contributed by atoms with Crippen LogP contribution in [0.3, 0.4) is 0 Å². The summed E-state index contributed by atoms with van der Waals surface area (Å²) >= 11 is 0. The predicted molar refractivity (Wildman–Crippen MR) is 83.9 cm³/mol. The van der Waals surface area contributed by atoms with Crippen LogP contribution in [0.25, 0.3) is 0 Å². The van der Waals surface area contributed by atoms with E-state index in [1.165, 1.54) is 25.7 Å². The number of nitrogens with one attached hydrogen (secondary N) is 1. The highest BCUT2D eigenvalue weighted by molar-refractivity contribution is 5.85. The molecule has 1 rings (SSSR count). The van der Waals surface area contributed by atoms with Gasteiger partial charge >= 0.3 is 0 Å². The lowest BCUT2D eigenvalue weighted by atomic mass is 10.1. The second kappa shape index (κ2) is 11.5. The zero-order valence-electron chi connectivity index (χ0n) is 12.6. The summed E-state index contributed by atoms with van der Waals surface area (Å²) in [5, 5.41) is 3.33. The van der Waals surface area contributed by atoms with E-state index in [2.05, 4.69) is 24.1 Å². The Labute approximate surface area is 124 Å². The molecule has 19 heavy (non-hydrogen) atoms. The van der Waals surface area contributed by atoms with E-state index >= 15 is 0 Å². The Kier molecular flexibility index (Phi) is 11.4. The lowest BCUT2D eigenvalue weighted by Crippen LogP contribution is -2.44. The average Bonchev–Trinajstić information content (AvgIpc) is 2.90. The molecule has 4 heteroatoms. The Morgan fingerprint density at radius 3 is 2.11 bits per heavy atom. The molecule has 114 valence electrons. The Morgan fingerprint density at radius 2 is 1.68 bits per heavy atom. The van der Waals surface area contributed by atoms with Gasteiger partial charge in [-0.2, -0.15) is 0 Å². The molecule has 1 aliphatic rings. The lowest BCUT2D eigenvalue weighted by molar-refractivity contribution is -0.133. The minimum absolute atomic E-state index is 0. The van der Waals surface area contributed by atoms with Gasteiger partial charge in [0.2, 0.25) is 5.91 Å². The van der Waals surface area contributed by atoms with Crippen molar-refractivity contribution in [2.45, 2.75) is 71.3 Å². The quantitative estimate of drug-likeness (QED) is 0.660. The van der Waals surface area contributed by atoms with Crippen LogP contribution in [0, 0.1) is 0 Å². The molecular formula is C15H31ClN2O. The fourth-order valence-electron chi connectivity index (χ4n) is 2.55. The topological polar surface area (TPSA) is 32.3 Å². The summed E-state index contributed by atoms with van der Waals surface area (Å²) in [5.41, 5.74) is 0. The van der Waals surface area contributed by atoms with Crippen LogP contribution in [0.4, 0.5) is 0 Å². The van der Waals surface area contributed by atoms with Crippen molar-refractivity contribution in [3.05, 3.63) is 0 Å². The smallest absolute Gasteiger partial charge is 0.239 e. The summed E-state index contributed by atoms with van der Waals surface area (Å²) in [6.45, 7) is 7.33. The first-order chi connectivity index (χ1) is 8.79. The second-order valence-electron chi connectivity index (χ2n) is 5.39. The van der Waals surface area contributed by atoms with Crippen LogP contribution in [0.1, 0.15) is 65.2 Å². The van der Waals surface area contributed by atoms with Crippen LogP contribution < -0.4 is 5.32 Å². The van der Waals surface area contributed by atoms with Crippen LogP contribution in [-0.2, 0) is 4.79 Å². The molecule has 1 N–H and O–H groups in total. The lowest BCUT2D eigenvalue weighted by Gasteiger charge is -2.25. The molecule has 0 aromatic carbocycles. The van der Waals surface area contributed by atoms with Gasteiger partial charge in [-0.05, 0) is 32.2 Å². The van der Waals surface area contributed by atoms with E-state index < -0.39 is 0 Å². The first-order valence-electron chi connectivity index (χ1n) is 7.81. The molecule has 0 bridgehead atoms. The molecule has 0 saturated carbocycles. The number of amides is 1. The Balaban J connectivity index is 0.00000324. The van der Waals surface area contributed by atoms with Gasteiger partial charge in [0.25, 0.3) is 0 Å². The Morgan fingerprint density at radius 1 is 1.11 bits per heavy atom. The molecule has 1 amide bonds. The summed E-state index contributed by atoms with van der Waals surface area (Å²) in [4.78, 5) is 14.5. The number of hydrogen-bond acceptors (Lipinski definition) is 2. The number of rotatable bonds is 9. The highest BCUT2D eigenvalue weighted by atomic mass is 35.5. The maximum atomic E-state index is 12.4. The van der Waals surface area contributed by atoms with Crippen molar-refractivity contribution in [1.82, 2.24) is 10.2 Å². The third-order valence-corrected chi connectivity index (χ3v) is 3.73. The van der Waals surface area contributed by atoms with Gasteiger partial charge < -0.3 is 10.2 Å².